The number of ether oxygens (including phenoxy) is 3. The Balaban J connectivity index is 1.70. The lowest BCUT2D eigenvalue weighted by Crippen LogP contribution is -2.41. The molecule has 1 saturated heterocycles. The Labute approximate surface area is 184 Å². The number of nitriles is 1. The molecular formula is C22H24N4O4S. The highest BCUT2D eigenvalue weighted by Crippen LogP contribution is 2.45. The summed E-state index contributed by atoms with van der Waals surface area (Å²) in [6.45, 7) is 2.11. The van der Waals surface area contributed by atoms with Crippen molar-refractivity contribution in [2.75, 3.05) is 7.11 Å². The van der Waals surface area contributed by atoms with Crippen LogP contribution in [-0.2, 0) is 4.74 Å². The number of benzene rings is 1. The van der Waals surface area contributed by atoms with Gasteiger partial charge in [0.1, 0.15) is 10.9 Å². The third kappa shape index (κ3) is 3.97. The van der Waals surface area contributed by atoms with Crippen molar-refractivity contribution in [1.82, 2.24) is 10.9 Å². The van der Waals surface area contributed by atoms with Gasteiger partial charge in [0, 0.05) is 17.9 Å². The van der Waals surface area contributed by atoms with Crippen molar-refractivity contribution in [3.63, 3.8) is 0 Å². The monoisotopic (exact) mass is 440 g/mol. The Morgan fingerprint density at radius 3 is 2.84 bits per heavy atom. The first-order valence-corrected chi connectivity index (χ1v) is 11.0. The van der Waals surface area contributed by atoms with E-state index in [9.17, 15) is 10.1 Å². The molecule has 0 aliphatic carbocycles. The number of fused-ring (bicyclic) bond motifs is 1. The smallest absolute Gasteiger partial charge is 0.353 e. The van der Waals surface area contributed by atoms with Crippen LogP contribution in [0.4, 0.5) is 0 Å². The fraction of sp³-hybridized carbons (Fsp3) is 0.364. The summed E-state index contributed by atoms with van der Waals surface area (Å²) in [5.41, 5.74) is 13.7. The van der Waals surface area contributed by atoms with Crippen LogP contribution in [-0.4, -0.2) is 25.3 Å². The lowest BCUT2D eigenvalue weighted by atomic mass is 9.74. The fourth-order valence-corrected chi connectivity index (χ4v) is 4.85. The van der Waals surface area contributed by atoms with Crippen molar-refractivity contribution in [2.24, 2.45) is 11.7 Å². The van der Waals surface area contributed by atoms with Crippen LogP contribution >= 0.6 is 11.3 Å². The second-order valence-electron chi connectivity index (χ2n) is 7.44. The summed E-state index contributed by atoms with van der Waals surface area (Å²) in [5.74, 6) is 0.0715. The molecule has 2 aromatic rings. The number of nitrogens with zero attached hydrogens (tertiary/aromatic N) is 1. The van der Waals surface area contributed by atoms with Crippen LogP contribution in [0.3, 0.4) is 0 Å². The second kappa shape index (κ2) is 8.98. The van der Waals surface area contributed by atoms with Crippen molar-refractivity contribution >= 4 is 17.3 Å². The van der Waals surface area contributed by atoms with Crippen LogP contribution in [0.5, 0.6) is 11.5 Å². The van der Waals surface area contributed by atoms with Gasteiger partial charge in [-0.05, 0) is 35.6 Å². The first-order chi connectivity index (χ1) is 15.1. The first-order valence-electron chi connectivity index (χ1n) is 10.1. The summed E-state index contributed by atoms with van der Waals surface area (Å²) in [4.78, 5) is 12.9. The standard InChI is InChI=1S/C22H24N4O4S/c1-3-5-14-19-18(13(11-23)20(24)30-21(19)26-25-14)12-7-8-15(16(10-12)28-2)29-22(27)17-6-4-9-31-17/h4,6-10,14,18-19,21,25-26H,3,5,24H2,1-2H3. The molecule has 0 spiro atoms. The van der Waals surface area contributed by atoms with Crippen molar-refractivity contribution in [3.8, 4) is 17.6 Å². The van der Waals surface area contributed by atoms with E-state index in [-0.39, 0.29) is 30.0 Å². The lowest BCUT2D eigenvalue weighted by molar-refractivity contribution is 0.0336. The molecule has 4 rings (SSSR count). The molecule has 1 fully saturated rings. The number of carbonyl (C=O) groups is 1. The number of hydrogen-bond donors (Lipinski definition) is 3. The van der Waals surface area contributed by atoms with Crippen LogP contribution in [0.15, 0.2) is 47.2 Å². The van der Waals surface area contributed by atoms with Crippen molar-refractivity contribution in [1.29, 1.82) is 5.26 Å². The van der Waals surface area contributed by atoms with E-state index in [0.29, 0.717) is 21.9 Å². The molecule has 162 valence electrons. The van der Waals surface area contributed by atoms with E-state index in [4.69, 9.17) is 19.9 Å². The maximum Gasteiger partial charge on any atom is 0.353 e. The van der Waals surface area contributed by atoms with Gasteiger partial charge in [-0.15, -0.1) is 11.3 Å². The van der Waals surface area contributed by atoms with Gasteiger partial charge >= 0.3 is 5.97 Å². The maximum atomic E-state index is 12.4. The minimum absolute atomic E-state index is 0.0360. The predicted octanol–water partition coefficient (Wildman–Crippen LogP) is 3.00. The van der Waals surface area contributed by atoms with Crippen molar-refractivity contribution in [2.45, 2.75) is 38.0 Å². The summed E-state index contributed by atoms with van der Waals surface area (Å²) in [5, 5.41) is 11.6. The Kier molecular flexibility index (Phi) is 6.13. The molecule has 4 atom stereocenters. The zero-order valence-corrected chi connectivity index (χ0v) is 18.1. The molecule has 31 heavy (non-hydrogen) atoms. The number of esters is 1. The zero-order valence-electron chi connectivity index (χ0n) is 17.3. The van der Waals surface area contributed by atoms with Gasteiger partial charge in [-0.2, -0.15) is 5.26 Å². The van der Waals surface area contributed by atoms with Gasteiger partial charge in [-0.1, -0.05) is 25.5 Å². The number of hydrazine groups is 1. The van der Waals surface area contributed by atoms with Crippen LogP contribution in [0.2, 0.25) is 0 Å². The van der Waals surface area contributed by atoms with E-state index in [1.54, 1.807) is 24.3 Å². The number of carbonyl (C=O) groups excluding carboxylic acids is 1. The molecule has 1 aromatic carbocycles. The number of hydrogen-bond acceptors (Lipinski definition) is 9. The third-order valence-electron chi connectivity index (χ3n) is 5.63. The molecule has 4 unspecified atom stereocenters. The van der Waals surface area contributed by atoms with Crippen LogP contribution in [0.25, 0.3) is 0 Å². The molecule has 0 saturated carbocycles. The first kappa shape index (κ1) is 21.2. The van der Waals surface area contributed by atoms with Gasteiger partial charge < -0.3 is 19.9 Å². The van der Waals surface area contributed by atoms with Gasteiger partial charge in [0.25, 0.3) is 0 Å². The second-order valence-corrected chi connectivity index (χ2v) is 8.39. The summed E-state index contributed by atoms with van der Waals surface area (Å²) in [6.07, 6.45) is 1.55. The number of rotatable bonds is 6. The lowest BCUT2D eigenvalue weighted by Gasteiger charge is -2.36. The van der Waals surface area contributed by atoms with E-state index in [0.717, 1.165) is 18.4 Å². The highest BCUT2D eigenvalue weighted by atomic mass is 32.1. The van der Waals surface area contributed by atoms with E-state index >= 15 is 0 Å². The summed E-state index contributed by atoms with van der Waals surface area (Å²) < 4.78 is 16.8. The summed E-state index contributed by atoms with van der Waals surface area (Å²) >= 11 is 1.31. The van der Waals surface area contributed by atoms with Crippen LogP contribution in [0, 0.1) is 17.2 Å². The Morgan fingerprint density at radius 2 is 2.16 bits per heavy atom. The average Bonchev–Trinajstić information content (AvgIpc) is 3.44. The van der Waals surface area contributed by atoms with E-state index in [1.165, 1.54) is 18.4 Å². The molecule has 3 heterocycles. The van der Waals surface area contributed by atoms with Gasteiger partial charge in [-0.25, -0.2) is 10.2 Å². The summed E-state index contributed by atoms with van der Waals surface area (Å²) in [6, 6.07) is 11.2. The number of thiophene rings is 1. The largest absolute Gasteiger partial charge is 0.493 e. The Morgan fingerprint density at radius 1 is 1.32 bits per heavy atom. The number of methoxy groups -OCH3 is 1. The van der Waals surface area contributed by atoms with Gasteiger partial charge in [0.2, 0.25) is 5.88 Å². The molecule has 4 N–H and O–H groups in total. The third-order valence-corrected chi connectivity index (χ3v) is 6.48. The number of allylic oxidation sites excluding steroid dienone is 1. The maximum absolute atomic E-state index is 12.4. The fourth-order valence-electron chi connectivity index (χ4n) is 4.25. The van der Waals surface area contributed by atoms with E-state index < -0.39 is 5.97 Å². The summed E-state index contributed by atoms with van der Waals surface area (Å²) in [7, 11) is 1.52. The van der Waals surface area contributed by atoms with E-state index in [2.05, 4.69) is 23.8 Å². The van der Waals surface area contributed by atoms with E-state index in [1.807, 2.05) is 11.4 Å². The average molecular weight is 441 g/mol. The molecule has 1 aromatic heterocycles. The highest BCUT2D eigenvalue weighted by Gasteiger charge is 2.48. The van der Waals surface area contributed by atoms with Gasteiger partial charge in [0.15, 0.2) is 17.7 Å². The molecular weight excluding hydrogens is 416 g/mol. The van der Waals surface area contributed by atoms with Crippen molar-refractivity contribution in [3.05, 3.63) is 57.6 Å². The minimum atomic E-state index is -0.443. The topological polar surface area (TPSA) is 119 Å². The molecule has 2 aliphatic rings. The number of nitrogens with two attached hydrogens (primary N) is 1. The van der Waals surface area contributed by atoms with Gasteiger partial charge in [0.05, 0.1) is 12.7 Å². The molecule has 8 nitrogen and oxygen atoms in total. The van der Waals surface area contributed by atoms with Crippen LogP contribution < -0.4 is 26.1 Å². The minimum Gasteiger partial charge on any atom is -0.493 e. The van der Waals surface area contributed by atoms with Crippen molar-refractivity contribution < 1.29 is 19.0 Å². The van der Waals surface area contributed by atoms with Gasteiger partial charge in [-0.3, -0.25) is 5.43 Å². The van der Waals surface area contributed by atoms with Crippen LogP contribution in [0.1, 0.15) is 40.9 Å². The SMILES string of the molecule is CCCC1NNC2OC(N)=C(C#N)C(c3ccc(OC(=O)c4cccs4)c(OC)c3)C12. The normalized spacial score (nSPS) is 24.8. The Bertz CT molecular complexity index is 1030. The molecule has 2 aliphatic heterocycles. The molecule has 9 heteroatoms. The molecule has 0 bridgehead atoms. The predicted molar refractivity (Wildman–Crippen MR) is 115 cm³/mol. The number of nitrogens with one attached hydrogen (secondary N) is 2. The molecule has 0 radical (unpaired) electrons. The Hall–Kier alpha value is -3.06. The quantitative estimate of drug-likeness (QED) is 0.463. The molecule has 0 amide bonds. The zero-order chi connectivity index (χ0) is 22.0. The highest BCUT2D eigenvalue weighted by molar-refractivity contribution is 7.12.